The van der Waals surface area contributed by atoms with E-state index in [9.17, 15) is 0 Å². The molecule has 1 spiro atoms. The van der Waals surface area contributed by atoms with Gasteiger partial charge in [0.25, 0.3) is 0 Å². The second kappa shape index (κ2) is 7.99. The Bertz CT molecular complexity index is 730. The van der Waals surface area contributed by atoms with Crippen LogP contribution in [0.1, 0.15) is 44.9 Å². The lowest BCUT2D eigenvalue weighted by Crippen LogP contribution is -2.58. The summed E-state index contributed by atoms with van der Waals surface area (Å²) in [7, 11) is 2.18. The van der Waals surface area contributed by atoms with Gasteiger partial charge in [0, 0.05) is 5.69 Å². The maximum Gasteiger partial charge on any atom is 0.220 e. The third-order valence-corrected chi connectivity index (χ3v) is 6.27. The fourth-order valence-corrected chi connectivity index (χ4v) is 4.63. The van der Waals surface area contributed by atoms with Crippen molar-refractivity contribution in [1.82, 2.24) is 4.90 Å². The summed E-state index contributed by atoms with van der Waals surface area (Å²) in [4.78, 5) is 13.4. The molecule has 0 bridgehead atoms. The van der Waals surface area contributed by atoms with Gasteiger partial charge in [-0.2, -0.15) is 4.99 Å². The van der Waals surface area contributed by atoms with Crippen molar-refractivity contribution in [3.63, 3.8) is 0 Å². The van der Waals surface area contributed by atoms with Crippen molar-refractivity contribution in [3.8, 4) is 5.75 Å². The summed E-state index contributed by atoms with van der Waals surface area (Å²) in [6.45, 7) is 3.10. The van der Waals surface area contributed by atoms with Crippen LogP contribution in [0.15, 0.2) is 34.3 Å². The van der Waals surface area contributed by atoms with E-state index in [4.69, 9.17) is 21.2 Å². The molecule has 0 amide bonds. The third kappa shape index (κ3) is 3.94. The van der Waals surface area contributed by atoms with Crippen molar-refractivity contribution in [2.75, 3.05) is 31.6 Å². The molecule has 2 aliphatic heterocycles. The van der Waals surface area contributed by atoms with Crippen LogP contribution in [0.3, 0.4) is 0 Å². The minimum atomic E-state index is -0.398. The Kier molecular flexibility index (Phi) is 5.44. The molecule has 7 heteroatoms. The van der Waals surface area contributed by atoms with Crippen LogP contribution in [0.4, 0.5) is 5.69 Å². The second-order valence-electron chi connectivity index (χ2n) is 8.37. The number of nitrogens with zero attached hydrogens (tertiary/aromatic N) is 4. The van der Waals surface area contributed by atoms with E-state index in [-0.39, 0.29) is 5.96 Å². The highest BCUT2D eigenvalue weighted by atomic mass is 16.5. The largest absolute Gasteiger partial charge is 0.493 e. The maximum atomic E-state index is 6.29. The first kappa shape index (κ1) is 19.1. The lowest BCUT2D eigenvalue weighted by atomic mass is 9.87. The Morgan fingerprint density at radius 3 is 2.43 bits per heavy atom. The molecule has 1 aromatic rings. The van der Waals surface area contributed by atoms with Crippen LogP contribution >= 0.6 is 0 Å². The van der Waals surface area contributed by atoms with E-state index in [2.05, 4.69) is 34.0 Å². The normalized spacial score (nSPS) is 23.4. The first-order valence-corrected chi connectivity index (χ1v) is 10.5. The standard InChI is InChI=1S/C21H32N6O/c1-26-13-9-16(10-14-26)15-28-18-7-5-17(6-8-18)27-20(23)24-19(22)25-21(27)11-3-2-4-12-21/h5-8,16H,2-4,9-15H2,1H3,(H4,22,23,24,25). The number of hydrogen-bond acceptors (Lipinski definition) is 7. The molecule has 1 aliphatic carbocycles. The average Bonchev–Trinajstić information content (AvgIpc) is 2.68. The van der Waals surface area contributed by atoms with Crippen molar-refractivity contribution in [1.29, 1.82) is 0 Å². The van der Waals surface area contributed by atoms with Crippen LogP contribution in [0.5, 0.6) is 5.75 Å². The predicted molar refractivity (Wildman–Crippen MR) is 114 cm³/mol. The second-order valence-corrected chi connectivity index (χ2v) is 8.37. The molecule has 1 aromatic carbocycles. The molecule has 2 heterocycles. The van der Waals surface area contributed by atoms with E-state index in [1.54, 1.807) is 0 Å². The third-order valence-electron chi connectivity index (χ3n) is 6.27. The summed E-state index contributed by atoms with van der Waals surface area (Å²) >= 11 is 0. The molecule has 0 radical (unpaired) electrons. The van der Waals surface area contributed by atoms with Gasteiger partial charge in [-0.15, -0.1) is 0 Å². The number of nitrogens with two attached hydrogens (primary N) is 2. The molecule has 2 fully saturated rings. The molecule has 4 N–H and O–H groups in total. The molecule has 152 valence electrons. The minimum absolute atomic E-state index is 0.286. The molecule has 28 heavy (non-hydrogen) atoms. The van der Waals surface area contributed by atoms with Gasteiger partial charge in [-0.3, -0.25) is 4.90 Å². The summed E-state index contributed by atoms with van der Waals surface area (Å²) in [6, 6.07) is 8.16. The number of piperidine rings is 1. The Morgan fingerprint density at radius 1 is 1.07 bits per heavy atom. The monoisotopic (exact) mass is 384 g/mol. The van der Waals surface area contributed by atoms with Crippen LogP contribution in [0.2, 0.25) is 0 Å². The fraction of sp³-hybridized carbons (Fsp3) is 0.619. The number of aliphatic imine (C=N–C) groups is 2. The van der Waals surface area contributed by atoms with Gasteiger partial charge in [-0.25, -0.2) is 4.99 Å². The highest BCUT2D eigenvalue weighted by Gasteiger charge is 2.42. The van der Waals surface area contributed by atoms with E-state index in [0.717, 1.165) is 56.8 Å². The van der Waals surface area contributed by atoms with Gasteiger partial charge in [-0.05, 0) is 88.8 Å². The van der Waals surface area contributed by atoms with E-state index >= 15 is 0 Å². The van der Waals surface area contributed by atoms with E-state index in [1.165, 1.54) is 19.3 Å². The zero-order chi connectivity index (χ0) is 19.6. The summed E-state index contributed by atoms with van der Waals surface area (Å²) in [5.41, 5.74) is 12.8. The lowest BCUT2D eigenvalue weighted by molar-refractivity contribution is 0.160. The van der Waals surface area contributed by atoms with Gasteiger partial charge in [0.1, 0.15) is 11.4 Å². The zero-order valence-electron chi connectivity index (χ0n) is 16.8. The number of ether oxygens (including phenoxy) is 1. The van der Waals surface area contributed by atoms with Crippen LogP contribution in [-0.2, 0) is 0 Å². The smallest absolute Gasteiger partial charge is 0.220 e. The summed E-state index contributed by atoms with van der Waals surface area (Å²) < 4.78 is 6.06. The molecule has 4 rings (SSSR count). The summed E-state index contributed by atoms with van der Waals surface area (Å²) in [6.07, 6.45) is 7.77. The van der Waals surface area contributed by atoms with Gasteiger partial charge in [0.15, 0.2) is 0 Å². The molecule has 0 unspecified atom stereocenters. The van der Waals surface area contributed by atoms with E-state index < -0.39 is 5.66 Å². The topological polar surface area (TPSA) is 92.5 Å². The summed E-state index contributed by atoms with van der Waals surface area (Å²) in [5, 5.41) is 0. The van der Waals surface area contributed by atoms with Gasteiger partial charge in [0.2, 0.25) is 11.9 Å². The first-order valence-electron chi connectivity index (χ1n) is 10.5. The number of guanidine groups is 2. The van der Waals surface area contributed by atoms with Crippen LogP contribution in [-0.4, -0.2) is 49.2 Å². The Labute approximate surface area is 167 Å². The number of hydrogen-bond donors (Lipinski definition) is 2. The molecule has 0 aromatic heterocycles. The quantitative estimate of drug-likeness (QED) is 0.832. The average molecular weight is 385 g/mol. The lowest BCUT2D eigenvalue weighted by Gasteiger charge is -2.45. The minimum Gasteiger partial charge on any atom is -0.493 e. The van der Waals surface area contributed by atoms with Crippen LogP contribution < -0.4 is 21.1 Å². The molecule has 7 nitrogen and oxygen atoms in total. The van der Waals surface area contributed by atoms with Crippen molar-refractivity contribution in [2.45, 2.75) is 50.6 Å². The zero-order valence-corrected chi connectivity index (χ0v) is 16.8. The van der Waals surface area contributed by atoms with Crippen LogP contribution in [0, 0.1) is 5.92 Å². The Morgan fingerprint density at radius 2 is 1.75 bits per heavy atom. The van der Waals surface area contributed by atoms with Crippen molar-refractivity contribution >= 4 is 17.6 Å². The number of likely N-dealkylation sites (tertiary alicyclic amines) is 1. The highest BCUT2D eigenvalue weighted by molar-refractivity contribution is 6.05. The Hall–Kier alpha value is -2.28. The molecule has 1 saturated carbocycles. The first-order chi connectivity index (χ1) is 13.6. The highest BCUT2D eigenvalue weighted by Crippen LogP contribution is 2.39. The molecule has 0 atom stereocenters. The van der Waals surface area contributed by atoms with Gasteiger partial charge in [-0.1, -0.05) is 6.42 Å². The molecular weight excluding hydrogens is 352 g/mol. The predicted octanol–water partition coefficient (Wildman–Crippen LogP) is 2.52. The van der Waals surface area contributed by atoms with Gasteiger partial charge in [0.05, 0.1) is 6.61 Å². The molecule has 1 saturated heterocycles. The number of anilines is 1. The molecule has 3 aliphatic rings. The van der Waals surface area contributed by atoms with Crippen molar-refractivity contribution < 1.29 is 4.74 Å². The van der Waals surface area contributed by atoms with Crippen molar-refractivity contribution in [2.24, 2.45) is 27.4 Å². The van der Waals surface area contributed by atoms with Crippen LogP contribution in [0.25, 0.3) is 0 Å². The maximum absolute atomic E-state index is 6.29. The number of rotatable bonds is 4. The van der Waals surface area contributed by atoms with Crippen molar-refractivity contribution in [3.05, 3.63) is 24.3 Å². The Balaban J connectivity index is 1.45. The fourth-order valence-electron chi connectivity index (χ4n) is 4.63. The summed E-state index contributed by atoms with van der Waals surface area (Å²) in [5.74, 6) is 2.25. The molecular formula is C21H32N6O. The van der Waals surface area contributed by atoms with Gasteiger partial charge < -0.3 is 21.1 Å². The SMILES string of the molecule is CN1CCC(COc2ccc(N3C(N)=NC(N)=NC34CCCCC4)cc2)CC1. The van der Waals surface area contributed by atoms with Gasteiger partial charge >= 0.3 is 0 Å². The number of benzene rings is 1. The van der Waals surface area contributed by atoms with E-state index in [0.29, 0.717) is 11.9 Å². The van der Waals surface area contributed by atoms with E-state index in [1.807, 2.05) is 12.1 Å².